The van der Waals surface area contributed by atoms with Gasteiger partial charge in [-0.1, -0.05) is 11.6 Å². The van der Waals surface area contributed by atoms with E-state index in [-0.39, 0.29) is 10.8 Å². The summed E-state index contributed by atoms with van der Waals surface area (Å²) in [5.41, 5.74) is 0.994. The van der Waals surface area contributed by atoms with Gasteiger partial charge in [0.2, 0.25) is 0 Å². The zero-order valence-corrected chi connectivity index (χ0v) is 11.0. The van der Waals surface area contributed by atoms with Crippen LogP contribution in [0.15, 0.2) is 24.5 Å². The van der Waals surface area contributed by atoms with Crippen LogP contribution in [0.2, 0.25) is 5.15 Å². The van der Waals surface area contributed by atoms with Gasteiger partial charge in [-0.15, -0.1) is 0 Å². The highest BCUT2D eigenvalue weighted by atomic mass is 35.5. The lowest BCUT2D eigenvalue weighted by Gasteiger charge is -2.06. The molecule has 2 rings (SSSR count). The van der Waals surface area contributed by atoms with Gasteiger partial charge in [0.05, 0.1) is 29.8 Å². The summed E-state index contributed by atoms with van der Waals surface area (Å²) in [5, 5.41) is 17.9. The van der Waals surface area contributed by atoms with Crippen molar-refractivity contribution in [2.24, 2.45) is 0 Å². The van der Waals surface area contributed by atoms with Crippen molar-refractivity contribution in [2.45, 2.75) is 13.5 Å². The first-order chi connectivity index (χ1) is 9.04. The molecular formula is C11H12ClN5O2. The van der Waals surface area contributed by atoms with Gasteiger partial charge in [-0.05, 0) is 12.5 Å². The van der Waals surface area contributed by atoms with E-state index >= 15 is 0 Å². The molecule has 0 aliphatic rings. The summed E-state index contributed by atoms with van der Waals surface area (Å²) in [4.78, 5) is 14.1. The molecule has 2 aromatic heterocycles. The lowest BCUT2D eigenvalue weighted by Crippen LogP contribution is -2.11. The maximum absolute atomic E-state index is 10.7. The molecule has 0 aliphatic carbocycles. The molecule has 0 bridgehead atoms. The molecule has 0 saturated carbocycles. The minimum Gasteiger partial charge on any atom is -0.368 e. The molecule has 0 saturated heterocycles. The molecule has 8 heteroatoms. The second-order valence-corrected chi connectivity index (χ2v) is 4.39. The Morgan fingerprint density at radius 3 is 2.95 bits per heavy atom. The predicted octanol–water partition coefficient (Wildman–Crippen LogP) is 2.26. The summed E-state index contributed by atoms with van der Waals surface area (Å²) >= 11 is 5.72. The van der Waals surface area contributed by atoms with Gasteiger partial charge in [-0.25, -0.2) is 4.98 Å². The van der Waals surface area contributed by atoms with Crippen LogP contribution in [0.25, 0.3) is 0 Å². The fourth-order valence-electron chi connectivity index (χ4n) is 1.57. The van der Waals surface area contributed by atoms with E-state index in [1.54, 1.807) is 10.9 Å². The summed E-state index contributed by atoms with van der Waals surface area (Å²) in [5.74, 6) is 0.378. The largest absolute Gasteiger partial charge is 0.368 e. The van der Waals surface area contributed by atoms with Gasteiger partial charge < -0.3 is 5.32 Å². The lowest BCUT2D eigenvalue weighted by molar-refractivity contribution is -0.384. The first-order valence-electron chi connectivity index (χ1n) is 5.59. The Morgan fingerprint density at radius 2 is 2.32 bits per heavy atom. The minimum absolute atomic E-state index is 0.0857. The molecule has 7 nitrogen and oxygen atoms in total. The van der Waals surface area contributed by atoms with Crippen molar-refractivity contribution < 1.29 is 4.92 Å². The van der Waals surface area contributed by atoms with Crippen molar-refractivity contribution in [3.8, 4) is 0 Å². The van der Waals surface area contributed by atoms with Gasteiger partial charge in [0, 0.05) is 12.7 Å². The number of aryl methyl sites for hydroxylation is 1. The van der Waals surface area contributed by atoms with E-state index in [0.717, 1.165) is 5.56 Å². The highest BCUT2D eigenvalue weighted by Crippen LogP contribution is 2.20. The van der Waals surface area contributed by atoms with Gasteiger partial charge in [-0.2, -0.15) is 5.10 Å². The topological polar surface area (TPSA) is 85.9 Å². The Kier molecular flexibility index (Phi) is 3.96. The second kappa shape index (κ2) is 5.66. The van der Waals surface area contributed by atoms with E-state index < -0.39 is 4.92 Å². The van der Waals surface area contributed by atoms with Crippen LogP contribution in [0.1, 0.15) is 5.56 Å². The van der Waals surface area contributed by atoms with E-state index in [2.05, 4.69) is 15.4 Å². The van der Waals surface area contributed by atoms with Crippen molar-refractivity contribution in [3.05, 3.63) is 45.4 Å². The molecular weight excluding hydrogens is 270 g/mol. The highest BCUT2D eigenvalue weighted by Gasteiger charge is 2.09. The molecule has 0 unspecified atom stereocenters. The summed E-state index contributed by atoms with van der Waals surface area (Å²) < 4.78 is 1.78. The van der Waals surface area contributed by atoms with Crippen LogP contribution in [-0.4, -0.2) is 26.2 Å². The smallest absolute Gasteiger partial charge is 0.276 e. The number of rotatable bonds is 5. The number of nitro groups is 1. The van der Waals surface area contributed by atoms with Gasteiger partial charge in [0.25, 0.3) is 5.69 Å². The molecule has 0 atom stereocenters. The number of nitrogens with one attached hydrogen (secondary N) is 1. The first kappa shape index (κ1) is 13.3. The van der Waals surface area contributed by atoms with Crippen molar-refractivity contribution in [1.29, 1.82) is 0 Å². The summed E-state index contributed by atoms with van der Waals surface area (Å²) in [6.07, 6.45) is 3.68. The Labute approximate surface area is 114 Å². The van der Waals surface area contributed by atoms with Crippen LogP contribution >= 0.6 is 11.6 Å². The standard InChI is InChI=1S/C11H12ClN5O2/c1-8-6-14-16(7-8)3-2-13-11-5-9(17(18)19)4-10(12)15-11/h4-7H,2-3H2,1H3,(H,13,15). The summed E-state index contributed by atoms with van der Waals surface area (Å²) in [7, 11) is 0. The Bertz CT molecular complexity index is 599. The van der Waals surface area contributed by atoms with Gasteiger partial charge in [0.15, 0.2) is 0 Å². The van der Waals surface area contributed by atoms with Gasteiger partial charge in [0.1, 0.15) is 11.0 Å². The summed E-state index contributed by atoms with van der Waals surface area (Å²) in [6.45, 7) is 3.14. The molecule has 2 aromatic rings. The SMILES string of the molecule is Cc1cnn(CCNc2cc([N+](=O)[O-])cc(Cl)n2)c1. The fourth-order valence-corrected chi connectivity index (χ4v) is 1.77. The van der Waals surface area contributed by atoms with Crippen LogP contribution < -0.4 is 5.32 Å². The molecule has 19 heavy (non-hydrogen) atoms. The third-order valence-electron chi connectivity index (χ3n) is 2.40. The van der Waals surface area contributed by atoms with E-state index in [1.165, 1.54) is 12.1 Å². The minimum atomic E-state index is -0.504. The van der Waals surface area contributed by atoms with Crippen LogP contribution in [-0.2, 0) is 6.54 Å². The lowest BCUT2D eigenvalue weighted by atomic mass is 10.4. The van der Waals surface area contributed by atoms with Crippen LogP contribution in [0.4, 0.5) is 11.5 Å². The number of hydrogen-bond acceptors (Lipinski definition) is 5. The number of hydrogen-bond donors (Lipinski definition) is 1. The van der Waals surface area contributed by atoms with Crippen LogP contribution in [0.5, 0.6) is 0 Å². The molecule has 0 spiro atoms. The van der Waals surface area contributed by atoms with Gasteiger partial charge in [-0.3, -0.25) is 14.8 Å². The third-order valence-corrected chi connectivity index (χ3v) is 2.59. The molecule has 1 N–H and O–H groups in total. The summed E-state index contributed by atoms with van der Waals surface area (Å²) in [6, 6.07) is 2.56. The molecule has 0 aromatic carbocycles. The molecule has 0 fully saturated rings. The fraction of sp³-hybridized carbons (Fsp3) is 0.273. The highest BCUT2D eigenvalue weighted by molar-refractivity contribution is 6.29. The number of nitrogens with zero attached hydrogens (tertiary/aromatic N) is 4. The number of anilines is 1. The Hall–Kier alpha value is -2.15. The zero-order valence-electron chi connectivity index (χ0n) is 10.2. The maximum Gasteiger partial charge on any atom is 0.276 e. The average molecular weight is 282 g/mol. The zero-order chi connectivity index (χ0) is 13.8. The normalized spacial score (nSPS) is 10.4. The third kappa shape index (κ3) is 3.65. The van der Waals surface area contributed by atoms with Crippen LogP contribution in [0, 0.1) is 17.0 Å². The Balaban J connectivity index is 1.97. The van der Waals surface area contributed by atoms with E-state index in [4.69, 9.17) is 11.6 Å². The molecule has 0 aliphatic heterocycles. The average Bonchev–Trinajstić information content (AvgIpc) is 2.74. The quantitative estimate of drug-likeness (QED) is 0.516. The maximum atomic E-state index is 10.7. The van der Waals surface area contributed by atoms with Crippen molar-refractivity contribution in [2.75, 3.05) is 11.9 Å². The van der Waals surface area contributed by atoms with E-state index in [9.17, 15) is 10.1 Å². The van der Waals surface area contributed by atoms with Crippen molar-refractivity contribution >= 4 is 23.1 Å². The molecule has 100 valence electrons. The number of aromatic nitrogens is 3. The van der Waals surface area contributed by atoms with Crippen molar-refractivity contribution in [1.82, 2.24) is 14.8 Å². The second-order valence-electron chi connectivity index (χ2n) is 4.00. The van der Waals surface area contributed by atoms with Crippen molar-refractivity contribution in [3.63, 3.8) is 0 Å². The molecule has 0 amide bonds. The number of pyridine rings is 1. The monoisotopic (exact) mass is 281 g/mol. The molecule has 0 radical (unpaired) electrons. The Morgan fingerprint density at radius 1 is 1.53 bits per heavy atom. The van der Waals surface area contributed by atoms with E-state index in [1.807, 2.05) is 13.1 Å². The van der Waals surface area contributed by atoms with E-state index in [0.29, 0.717) is 18.9 Å². The molecule has 2 heterocycles. The predicted molar refractivity (Wildman–Crippen MR) is 71.4 cm³/mol. The van der Waals surface area contributed by atoms with Crippen LogP contribution in [0.3, 0.4) is 0 Å². The number of halogens is 1. The van der Waals surface area contributed by atoms with Gasteiger partial charge >= 0.3 is 0 Å². The first-order valence-corrected chi connectivity index (χ1v) is 5.97.